The minimum atomic E-state index is -0.298. The molecule has 2 aliphatic rings. The third-order valence-electron chi connectivity index (χ3n) is 6.32. The molecular formula is C25H31N3O2. The van der Waals surface area contributed by atoms with Crippen LogP contribution in [-0.4, -0.2) is 36.3 Å². The van der Waals surface area contributed by atoms with Crippen molar-refractivity contribution in [1.29, 1.82) is 0 Å². The first-order chi connectivity index (χ1) is 14.7. The number of carbonyl (C=O) groups excluding carboxylic acids is 2. The SMILES string of the molecule is CCc1ccccc1N1CC(C(=O)NCc2ccccc2CN2CCCC2)CC1=O. The van der Waals surface area contributed by atoms with Crippen LogP contribution in [0, 0.1) is 5.92 Å². The highest BCUT2D eigenvalue weighted by Gasteiger charge is 2.35. The third-order valence-corrected chi connectivity index (χ3v) is 6.32. The molecule has 30 heavy (non-hydrogen) atoms. The molecule has 0 saturated carbocycles. The van der Waals surface area contributed by atoms with Gasteiger partial charge in [-0.1, -0.05) is 49.4 Å². The van der Waals surface area contributed by atoms with E-state index in [1.54, 1.807) is 4.90 Å². The molecule has 2 amide bonds. The molecule has 5 nitrogen and oxygen atoms in total. The van der Waals surface area contributed by atoms with Crippen LogP contribution >= 0.6 is 0 Å². The second kappa shape index (κ2) is 9.43. The van der Waals surface area contributed by atoms with Gasteiger partial charge in [0.25, 0.3) is 0 Å². The Morgan fingerprint density at radius 1 is 1.00 bits per heavy atom. The summed E-state index contributed by atoms with van der Waals surface area (Å²) in [6.45, 7) is 6.30. The largest absolute Gasteiger partial charge is 0.352 e. The summed E-state index contributed by atoms with van der Waals surface area (Å²) in [5, 5.41) is 3.09. The van der Waals surface area contributed by atoms with E-state index in [2.05, 4.69) is 35.3 Å². The number of para-hydroxylation sites is 1. The topological polar surface area (TPSA) is 52.7 Å². The van der Waals surface area contributed by atoms with Crippen molar-refractivity contribution in [3.63, 3.8) is 0 Å². The van der Waals surface area contributed by atoms with Crippen molar-refractivity contribution in [1.82, 2.24) is 10.2 Å². The number of nitrogens with zero attached hydrogens (tertiary/aromatic N) is 2. The molecule has 0 radical (unpaired) electrons. The first-order valence-electron chi connectivity index (χ1n) is 11.1. The van der Waals surface area contributed by atoms with Crippen LogP contribution in [0.15, 0.2) is 48.5 Å². The zero-order valence-corrected chi connectivity index (χ0v) is 17.8. The summed E-state index contributed by atoms with van der Waals surface area (Å²) in [5.41, 5.74) is 4.52. The molecule has 0 aromatic heterocycles. The van der Waals surface area contributed by atoms with Gasteiger partial charge in [-0.3, -0.25) is 14.5 Å². The molecule has 0 spiro atoms. The number of rotatable bonds is 7. The van der Waals surface area contributed by atoms with E-state index >= 15 is 0 Å². The predicted octanol–water partition coefficient (Wildman–Crippen LogP) is 3.51. The summed E-state index contributed by atoms with van der Waals surface area (Å²) >= 11 is 0. The molecular weight excluding hydrogens is 374 g/mol. The minimum absolute atomic E-state index is 0.0317. The predicted molar refractivity (Wildman–Crippen MR) is 119 cm³/mol. The Labute approximate surface area is 179 Å². The van der Waals surface area contributed by atoms with Crippen LogP contribution in [0.1, 0.15) is 42.9 Å². The monoisotopic (exact) mass is 405 g/mol. The summed E-state index contributed by atoms with van der Waals surface area (Å²) in [5.74, 6) is -0.297. The van der Waals surface area contributed by atoms with Crippen LogP contribution in [0.25, 0.3) is 0 Å². The maximum absolute atomic E-state index is 12.9. The lowest BCUT2D eigenvalue weighted by atomic mass is 10.1. The van der Waals surface area contributed by atoms with Crippen LogP contribution < -0.4 is 10.2 Å². The molecule has 0 aliphatic carbocycles. The second-order valence-corrected chi connectivity index (χ2v) is 8.36. The van der Waals surface area contributed by atoms with E-state index in [0.29, 0.717) is 13.1 Å². The van der Waals surface area contributed by atoms with Crippen molar-refractivity contribution in [2.45, 2.75) is 45.7 Å². The molecule has 1 atom stereocenters. The average molecular weight is 406 g/mol. The van der Waals surface area contributed by atoms with Crippen molar-refractivity contribution in [2.24, 2.45) is 5.92 Å². The van der Waals surface area contributed by atoms with Gasteiger partial charge in [0, 0.05) is 31.7 Å². The second-order valence-electron chi connectivity index (χ2n) is 8.36. The lowest BCUT2D eigenvalue weighted by molar-refractivity contribution is -0.126. The maximum atomic E-state index is 12.9. The Hall–Kier alpha value is -2.66. The number of aryl methyl sites for hydroxylation is 1. The molecule has 2 aromatic carbocycles. The number of likely N-dealkylation sites (tertiary alicyclic amines) is 1. The first-order valence-corrected chi connectivity index (χ1v) is 11.1. The van der Waals surface area contributed by atoms with Gasteiger partial charge in [-0.25, -0.2) is 0 Å². The summed E-state index contributed by atoms with van der Waals surface area (Å²) < 4.78 is 0. The Bertz CT molecular complexity index is 905. The number of carbonyl (C=O) groups is 2. The van der Waals surface area contributed by atoms with E-state index in [0.717, 1.165) is 42.9 Å². The standard InChI is InChI=1S/C25H31N3O2/c1-2-19-9-5-6-12-23(19)28-18-22(15-24(28)29)25(30)26-16-20-10-3-4-11-21(20)17-27-13-7-8-14-27/h3-6,9-12,22H,2,7-8,13-18H2,1H3,(H,26,30). The summed E-state index contributed by atoms with van der Waals surface area (Å²) in [4.78, 5) is 29.7. The lowest BCUT2D eigenvalue weighted by Gasteiger charge is -2.20. The van der Waals surface area contributed by atoms with E-state index in [-0.39, 0.29) is 24.2 Å². The molecule has 1 N–H and O–H groups in total. The average Bonchev–Trinajstić information content (AvgIpc) is 3.42. The summed E-state index contributed by atoms with van der Waals surface area (Å²) in [6, 6.07) is 16.3. The normalized spacial score (nSPS) is 19.4. The van der Waals surface area contributed by atoms with Crippen molar-refractivity contribution in [3.05, 3.63) is 65.2 Å². The number of amides is 2. The molecule has 0 bridgehead atoms. The van der Waals surface area contributed by atoms with Gasteiger partial charge in [-0.05, 0) is 55.1 Å². The fourth-order valence-electron chi connectivity index (χ4n) is 4.58. The molecule has 2 heterocycles. The minimum Gasteiger partial charge on any atom is -0.352 e. The first kappa shape index (κ1) is 20.6. The van der Waals surface area contributed by atoms with E-state index in [1.807, 2.05) is 30.3 Å². The number of nitrogens with one attached hydrogen (secondary N) is 1. The van der Waals surface area contributed by atoms with Crippen LogP contribution in [0.2, 0.25) is 0 Å². The Kier molecular flexibility index (Phi) is 6.48. The van der Waals surface area contributed by atoms with Gasteiger partial charge in [0.15, 0.2) is 0 Å². The van der Waals surface area contributed by atoms with Gasteiger partial charge in [0.2, 0.25) is 11.8 Å². The van der Waals surface area contributed by atoms with Crippen LogP contribution in [0.5, 0.6) is 0 Å². The van der Waals surface area contributed by atoms with E-state index in [9.17, 15) is 9.59 Å². The van der Waals surface area contributed by atoms with Gasteiger partial charge in [-0.15, -0.1) is 0 Å². The maximum Gasteiger partial charge on any atom is 0.227 e. The molecule has 4 rings (SSSR count). The number of hydrogen-bond donors (Lipinski definition) is 1. The zero-order valence-electron chi connectivity index (χ0n) is 17.8. The third kappa shape index (κ3) is 4.57. The van der Waals surface area contributed by atoms with Crippen LogP contribution in [0.4, 0.5) is 5.69 Å². The Balaban J connectivity index is 1.38. The summed E-state index contributed by atoms with van der Waals surface area (Å²) in [7, 11) is 0. The lowest BCUT2D eigenvalue weighted by Crippen LogP contribution is -2.33. The fraction of sp³-hybridized carbons (Fsp3) is 0.440. The molecule has 158 valence electrons. The van der Waals surface area contributed by atoms with E-state index < -0.39 is 0 Å². The van der Waals surface area contributed by atoms with Gasteiger partial charge >= 0.3 is 0 Å². The van der Waals surface area contributed by atoms with Crippen LogP contribution in [-0.2, 0) is 29.1 Å². The number of benzene rings is 2. The van der Waals surface area contributed by atoms with Crippen molar-refractivity contribution in [2.75, 3.05) is 24.5 Å². The van der Waals surface area contributed by atoms with Gasteiger partial charge < -0.3 is 10.2 Å². The van der Waals surface area contributed by atoms with Crippen LogP contribution in [0.3, 0.4) is 0 Å². The summed E-state index contributed by atoms with van der Waals surface area (Å²) in [6.07, 6.45) is 3.68. The highest BCUT2D eigenvalue weighted by atomic mass is 16.2. The Morgan fingerprint density at radius 3 is 2.40 bits per heavy atom. The highest BCUT2D eigenvalue weighted by molar-refractivity contribution is 6.00. The van der Waals surface area contributed by atoms with E-state index in [1.165, 1.54) is 18.4 Å². The molecule has 2 aliphatic heterocycles. The molecule has 2 fully saturated rings. The molecule has 1 unspecified atom stereocenters. The molecule has 2 aromatic rings. The van der Waals surface area contributed by atoms with Gasteiger partial charge in [0.1, 0.15) is 0 Å². The van der Waals surface area contributed by atoms with Crippen molar-refractivity contribution < 1.29 is 9.59 Å². The smallest absolute Gasteiger partial charge is 0.227 e. The Morgan fingerprint density at radius 2 is 1.67 bits per heavy atom. The van der Waals surface area contributed by atoms with Gasteiger partial charge in [0.05, 0.1) is 5.92 Å². The molecule has 5 heteroatoms. The molecule has 2 saturated heterocycles. The van der Waals surface area contributed by atoms with Crippen molar-refractivity contribution in [3.8, 4) is 0 Å². The van der Waals surface area contributed by atoms with Gasteiger partial charge in [-0.2, -0.15) is 0 Å². The van der Waals surface area contributed by atoms with Crippen molar-refractivity contribution >= 4 is 17.5 Å². The number of hydrogen-bond acceptors (Lipinski definition) is 3. The highest BCUT2D eigenvalue weighted by Crippen LogP contribution is 2.28. The fourth-order valence-corrected chi connectivity index (χ4v) is 4.58. The zero-order chi connectivity index (χ0) is 20.9. The van der Waals surface area contributed by atoms with E-state index in [4.69, 9.17) is 0 Å². The number of anilines is 1. The quantitative estimate of drug-likeness (QED) is 0.767.